The number of benzene rings is 1. The second-order valence-electron chi connectivity index (χ2n) is 6.39. The molecule has 1 aromatic carbocycles. The van der Waals surface area contributed by atoms with Gasteiger partial charge in [-0.25, -0.2) is 0 Å². The average molecular weight is 340 g/mol. The van der Waals surface area contributed by atoms with Gasteiger partial charge < -0.3 is 5.32 Å². The minimum atomic E-state index is 0.0894. The van der Waals surface area contributed by atoms with Crippen molar-refractivity contribution in [3.8, 4) is 0 Å². The van der Waals surface area contributed by atoms with E-state index in [-0.39, 0.29) is 17.4 Å². The highest BCUT2D eigenvalue weighted by Crippen LogP contribution is 2.22. The average Bonchev–Trinajstić information content (AvgIpc) is 2.36. The molecule has 0 saturated carbocycles. The van der Waals surface area contributed by atoms with Crippen LogP contribution in [0.5, 0.6) is 0 Å². The molecular weight excluding hydrogens is 314 g/mol. The summed E-state index contributed by atoms with van der Waals surface area (Å²) in [6, 6.07) is 8.47. The Labute approximate surface area is 131 Å². The SMILES string of the molecule is Cc1ccccc1CCC(=O)NC(CCBr)C(C)(C)C. The Bertz CT molecular complexity index is 437. The number of carbonyl (C=O) groups excluding carboxylic acids is 1. The van der Waals surface area contributed by atoms with E-state index in [1.807, 2.05) is 12.1 Å². The number of rotatable bonds is 6. The van der Waals surface area contributed by atoms with Crippen LogP contribution in [0.2, 0.25) is 0 Å². The number of halogens is 1. The maximum atomic E-state index is 12.1. The van der Waals surface area contributed by atoms with E-state index in [4.69, 9.17) is 0 Å². The number of amides is 1. The van der Waals surface area contributed by atoms with Gasteiger partial charge >= 0.3 is 0 Å². The van der Waals surface area contributed by atoms with Crippen LogP contribution < -0.4 is 5.32 Å². The molecule has 2 nitrogen and oxygen atoms in total. The van der Waals surface area contributed by atoms with Crippen molar-refractivity contribution in [1.82, 2.24) is 5.32 Å². The summed E-state index contributed by atoms with van der Waals surface area (Å²) in [6.07, 6.45) is 2.32. The smallest absolute Gasteiger partial charge is 0.220 e. The molecule has 0 spiro atoms. The Balaban J connectivity index is 2.52. The van der Waals surface area contributed by atoms with Gasteiger partial charge in [0.2, 0.25) is 5.91 Å². The molecule has 0 aliphatic heterocycles. The third-order valence-corrected chi connectivity index (χ3v) is 4.12. The second-order valence-corrected chi connectivity index (χ2v) is 7.18. The van der Waals surface area contributed by atoms with E-state index >= 15 is 0 Å². The number of alkyl halides is 1. The van der Waals surface area contributed by atoms with E-state index in [2.05, 4.69) is 61.1 Å². The van der Waals surface area contributed by atoms with Crippen LogP contribution in [0.1, 0.15) is 44.7 Å². The first-order chi connectivity index (χ1) is 9.34. The van der Waals surface area contributed by atoms with E-state index in [1.165, 1.54) is 11.1 Å². The van der Waals surface area contributed by atoms with Crippen molar-refractivity contribution in [1.29, 1.82) is 0 Å². The maximum absolute atomic E-state index is 12.1. The summed E-state index contributed by atoms with van der Waals surface area (Å²) < 4.78 is 0. The Morgan fingerprint density at radius 2 is 1.95 bits per heavy atom. The molecule has 0 aliphatic carbocycles. The number of nitrogens with one attached hydrogen (secondary N) is 1. The van der Waals surface area contributed by atoms with Gasteiger partial charge in [0.15, 0.2) is 0 Å². The molecule has 20 heavy (non-hydrogen) atoms. The molecule has 0 radical (unpaired) electrons. The summed E-state index contributed by atoms with van der Waals surface area (Å²) in [6.45, 7) is 8.60. The van der Waals surface area contributed by atoms with Crippen LogP contribution in [-0.2, 0) is 11.2 Å². The third kappa shape index (κ3) is 5.66. The van der Waals surface area contributed by atoms with Gasteiger partial charge in [-0.15, -0.1) is 0 Å². The number of hydrogen-bond acceptors (Lipinski definition) is 1. The lowest BCUT2D eigenvalue weighted by Crippen LogP contribution is -2.44. The highest BCUT2D eigenvalue weighted by Gasteiger charge is 2.25. The first-order valence-corrected chi connectivity index (χ1v) is 8.36. The fourth-order valence-electron chi connectivity index (χ4n) is 2.24. The number of hydrogen-bond donors (Lipinski definition) is 1. The van der Waals surface area contributed by atoms with Crippen LogP contribution in [0.3, 0.4) is 0 Å². The Morgan fingerprint density at radius 1 is 1.30 bits per heavy atom. The maximum Gasteiger partial charge on any atom is 0.220 e. The van der Waals surface area contributed by atoms with Crippen molar-refractivity contribution in [2.75, 3.05) is 5.33 Å². The topological polar surface area (TPSA) is 29.1 Å². The van der Waals surface area contributed by atoms with Gasteiger partial charge in [0.05, 0.1) is 0 Å². The van der Waals surface area contributed by atoms with E-state index in [0.29, 0.717) is 6.42 Å². The van der Waals surface area contributed by atoms with Crippen molar-refractivity contribution in [3.63, 3.8) is 0 Å². The van der Waals surface area contributed by atoms with Gasteiger partial charge in [0.1, 0.15) is 0 Å². The quantitative estimate of drug-likeness (QED) is 0.771. The third-order valence-electron chi connectivity index (χ3n) is 3.66. The molecule has 0 bridgehead atoms. The Hall–Kier alpha value is -0.830. The molecule has 3 heteroatoms. The van der Waals surface area contributed by atoms with Gasteiger partial charge in [-0.05, 0) is 36.3 Å². The molecular formula is C17H26BrNO. The summed E-state index contributed by atoms with van der Waals surface area (Å²) in [4.78, 5) is 12.1. The first kappa shape index (κ1) is 17.2. The summed E-state index contributed by atoms with van der Waals surface area (Å²) in [5.41, 5.74) is 2.61. The van der Waals surface area contributed by atoms with Crippen LogP contribution in [0.25, 0.3) is 0 Å². The lowest BCUT2D eigenvalue weighted by Gasteiger charge is -2.31. The second kappa shape index (κ2) is 7.82. The molecule has 1 aromatic rings. The van der Waals surface area contributed by atoms with Gasteiger partial charge in [-0.3, -0.25) is 4.79 Å². The van der Waals surface area contributed by atoms with Crippen molar-refractivity contribution in [2.45, 2.75) is 53.0 Å². The van der Waals surface area contributed by atoms with Crippen LogP contribution in [0.15, 0.2) is 24.3 Å². The molecule has 0 aliphatic rings. The first-order valence-electron chi connectivity index (χ1n) is 7.24. The van der Waals surface area contributed by atoms with E-state index in [9.17, 15) is 4.79 Å². The van der Waals surface area contributed by atoms with Crippen LogP contribution in [0.4, 0.5) is 0 Å². The highest BCUT2D eigenvalue weighted by molar-refractivity contribution is 9.09. The fourth-order valence-corrected chi connectivity index (χ4v) is 2.69. The van der Waals surface area contributed by atoms with E-state index in [1.54, 1.807) is 0 Å². The minimum Gasteiger partial charge on any atom is -0.353 e. The molecule has 1 unspecified atom stereocenters. The van der Waals surface area contributed by atoms with Crippen molar-refractivity contribution >= 4 is 21.8 Å². The van der Waals surface area contributed by atoms with E-state index < -0.39 is 0 Å². The zero-order chi connectivity index (χ0) is 15.2. The fraction of sp³-hybridized carbons (Fsp3) is 0.588. The van der Waals surface area contributed by atoms with Crippen molar-refractivity contribution in [3.05, 3.63) is 35.4 Å². The zero-order valence-electron chi connectivity index (χ0n) is 13.0. The predicted molar refractivity (Wildman–Crippen MR) is 89.3 cm³/mol. The molecule has 0 fully saturated rings. The summed E-state index contributed by atoms with van der Waals surface area (Å²) in [5, 5.41) is 4.09. The predicted octanol–water partition coefficient (Wildman–Crippen LogP) is 4.24. The molecule has 1 N–H and O–H groups in total. The lowest BCUT2D eigenvalue weighted by molar-refractivity contribution is -0.122. The Morgan fingerprint density at radius 3 is 2.50 bits per heavy atom. The minimum absolute atomic E-state index is 0.0894. The molecule has 0 heterocycles. The van der Waals surface area contributed by atoms with Gasteiger partial charge in [0.25, 0.3) is 0 Å². The molecule has 112 valence electrons. The normalized spacial score (nSPS) is 13.1. The van der Waals surface area contributed by atoms with Crippen LogP contribution in [-0.4, -0.2) is 17.3 Å². The van der Waals surface area contributed by atoms with Gasteiger partial charge in [-0.2, -0.15) is 0 Å². The van der Waals surface area contributed by atoms with Gasteiger partial charge in [-0.1, -0.05) is 61.0 Å². The monoisotopic (exact) mass is 339 g/mol. The zero-order valence-corrected chi connectivity index (χ0v) is 14.6. The van der Waals surface area contributed by atoms with Crippen LogP contribution in [0, 0.1) is 12.3 Å². The summed E-state index contributed by atoms with van der Waals surface area (Å²) in [5.74, 6) is 0.147. The molecule has 1 atom stereocenters. The van der Waals surface area contributed by atoms with Gasteiger partial charge in [0, 0.05) is 17.8 Å². The number of carbonyl (C=O) groups is 1. The molecule has 0 saturated heterocycles. The van der Waals surface area contributed by atoms with E-state index in [0.717, 1.165) is 18.2 Å². The lowest BCUT2D eigenvalue weighted by atomic mass is 9.85. The Kier molecular flexibility index (Phi) is 6.74. The summed E-state index contributed by atoms with van der Waals surface area (Å²) in [7, 11) is 0. The number of aryl methyl sites for hydroxylation is 2. The largest absolute Gasteiger partial charge is 0.353 e. The van der Waals surface area contributed by atoms with Crippen molar-refractivity contribution < 1.29 is 4.79 Å². The van der Waals surface area contributed by atoms with Crippen LogP contribution >= 0.6 is 15.9 Å². The molecule has 1 rings (SSSR count). The van der Waals surface area contributed by atoms with Crippen molar-refractivity contribution in [2.24, 2.45) is 5.41 Å². The molecule has 0 aromatic heterocycles. The standard InChI is InChI=1S/C17H26BrNO/c1-13-7-5-6-8-14(13)9-10-16(20)19-15(11-12-18)17(2,3)4/h5-8,15H,9-12H2,1-4H3,(H,19,20). The molecule has 1 amide bonds. The highest BCUT2D eigenvalue weighted by atomic mass is 79.9. The summed E-state index contributed by atoms with van der Waals surface area (Å²) >= 11 is 3.47.